The van der Waals surface area contributed by atoms with Crippen molar-refractivity contribution in [3.8, 4) is 0 Å². The zero-order valence-electron chi connectivity index (χ0n) is 35.1. The summed E-state index contributed by atoms with van der Waals surface area (Å²) in [5.74, 6) is -3.97. The Morgan fingerprint density at radius 3 is 2.15 bits per heavy atom. The molecular weight excluding hydrogens is 762 g/mol. The first-order valence-corrected chi connectivity index (χ1v) is 19.9. The Bertz CT molecular complexity index is 2020. The molecule has 2 aromatic rings. The van der Waals surface area contributed by atoms with Crippen molar-refractivity contribution >= 4 is 24.0 Å². The SMILES string of the molecule is C=C1[C@H](O)C2=C(C)[C@@H](OC(=O)[C@H](O)[C@@H](NC(=O)OC(C)(C)C)c3ccc(C)cc3)C[C@@](O)([C@@H](OC(=O)c3ccccc3)[C@@H]3[C@]4(OC(C)=O)CO[C@@H]4C[C@H](O)[C@@]13C)C2(C)C. The van der Waals surface area contributed by atoms with Gasteiger partial charge in [-0.05, 0) is 69.0 Å². The molecule has 0 spiro atoms. The molecule has 0 unspecified atom stereocenters. The average molecular weight is 820 g/mol. The number of aryl methyl sites for hydroxylation is 1. The number of rotatable bonds is 8. The number of fused-ring (bicyclic) bond motifs is 5. The van der Waals surface area contributed by atoms with Gasteiger partial charge in [-0.3, -0.25) is 4.79 Å². The molecule has 4 aliphatic rings. The van der Waals surface area contributed by atoms with Gasteiger partial charge in [0.15, 0.2) is 11.7 Å². The fraction of sp³-hybridized carbons (Fsp3) is 0.556. The summed E-state index contributed by atoms with van der Waals surface area (Å²) < 4.78 is 30.0. The van der Waals surface area contributed by atoms with Crippen LogP contribution < -0.4 is 5.32 Å². The number of alkyl carbamates (subject to hydrolysis) is 1. The van der Waals surface area contributed by atoms with Crippen LogP contribution in [0.15, 0.2) is 77.9 Å². The van der Waals surface area contributed by atoms with Gasteiger partial charge in [-0.25, -0.2) is 14.4 Å². The molecule has 14 nitrogen and oxygen atoms in total. The van der Waals surface area contributed by atoms with Gasteiger partial charge in [0.2, 0.25) is 0 Å². The Balaban J connectivity index is 1.49. The molecule has 2 bridgehead atoms. The number of benzene rings is 2. The number of hydrogen-bond donors (Lipinski definition) is 5. The van der Waals surface area contributed by atoms with Crippen LogP contribution >= 0.6 is 0 Å². The second kappa shape index (κ2) is 15.5. The number of carbonyl (C=O) groups excluding carboxylic acids is 4. The predicted molar refractivity (Wildman–Crippen MR) is 212 cm³/mol. The van der Waals surface area contributed by atoms with Gasteiger partial charge >= 0.3 is 24.0 Å². The van der Waals surface area contributed by atoms with Crippen LogP contribution in [0.1, 0.15) is 95.8 Å². The number of ether oxygens (including phenoxy) is 5. The summed E-state index contributed by atoms with van der Waals surface area (Å²) in [7, 11) is 0. The first-order chi connectivity index (χ1) is 27.4. The fourth-order valence-electron chi connectivity index (χ4n) is 9.81. The van der Waals surface area contributed by atoms with E-state index in [2.05, 4.69) is 11.9 Å². The molecule has 0 aromatic heterocycles. The van der Waals surface area contributed by atoms with Crippen LogP contribution in [-0.4, -0.2) is 104 Å². The average Bonchev–Trinajstić information content (AvgIpc) is 3.15. The standard InChI is InChI=1S/C45H57NO13/c1-23-16-18-27(19-17-23)33(46-40(53)59-41(5,6)7)35(50)39(52)56-29-21-45(54)37(57-38(51)28-14-12-11-13-15-28)36-43(10,25(3)34(49)32(24(29)2)42(45,8)9)30(48)20-31-44(36,22-55-31)58-26(4)47/h11-19,29-31,33-37,48-50,54H,3,20-22H2,1-2,4-10H3,(H,46,53)/t29-,30-,31+,33-,34-,35+,36-,37-,43+,44-,45+/m0/s1. The molecule has 59 heavy (non-hydrogen) atoms. The normalized spacial score (nSPS) is 33.3. The monoisotopic (exact) mass is 819 g/mol. The highest BCUT2D eigenvalue weighted by atomic mass is 16.6. The molecule has 1 heterocycles. The molecule has 6 rings (SSSR count). The molecule has 2 saturated carbocycles. The minimum Gasteiger partial charge on any atom is -0.456 e. The maximum absolute atomic E-state index is 14.2. The van der Waals surface area contributed by atoms with Crippen molar-refractivity contribution in [1.82, 2.24) is 5.32 Å². The summed E-state index contributed by atoms with van der Waals surface area (Å²) in [5, 5.41) is 52.3. The molecule has 3 aliphatic carbocycles. The minimum absolute atomic E-state index is 0.0250. The van der Waals surface area contributed by atoms with E-state index in [9.17, 15) is 39.6 Å². The van der Waals surface area contributed by atoms with E-state index < -0.39 is 107 Å². The molecule has 1 amide bonds. The van der Waals surface area contributed by atoms with Gasteiger partial charge in [-0.2, -0.15) is 0 Å². The molecule has 3 fully saturated rings. The molecule has 5 N–H and O–H groups in total. The molecule has 14 heteroatoms. The topological polar surface area (TPSA) is 207 Å². The van der Waals surface area contributed by atoms with E-state index in [0.29, 0.717) is 11.1 Å². The summed E-state index contributed by atoms with van der Waals surface area (Å²) in [5.41, 5.74) is -5.76. The highest BCUT2D eigenvalue weighted by Gasteiger charge is 2.76. The maximum atomic E-state index is 14.2. The van der Waals surface area contributed by atoms with Gasteiger partial charge in [0.25, 0.3) is 0 Å². The van der Waals surface area contributed by atoms with Crippen LogP contribution in [0.25, 0.3) is 0 Å². The molecule has 1 aliphatic heterocycles. The lowest BCUT2D eigenvalue weighted by Crippen LogP contribution is -2.80. The fourth-order valence-corrected chi connectivity index (χ4v) is 9.81. The molecular formula is C45H57NO13. The number of aliphatic hydroxyl groups excluding tert-OH is 3. The van der Waals surface area contributed by atoms with E-state index in [1.165, 1.54) is 19.1 Å². The van der Waals surface area contributed by atoms with Crippen LogP contribution in [0.4, 0.5) is 4.79 Å². The Hall–Kier alpha value is -4.60. The van der Waals surface area contributed by atoms with Crippen molar-refractivity contribution in [2.24, 2.45) is 16.7 Å². The lowest BCUT2D eigenvalue weighted by atomic mass is 9.44. The second-order valence-electron chi connectivity index (χ2n) is 18.2. The number of hydrogen-bond acceptors (Lipinski definition) is 13. The highest BCUT2D eigenvalue weighted by molar-refractivity contribution is 5.89. The largest absolute Gasteiger partial charge is 0.456 e. The van der Waals surface area contributed by atoms with Gasteiger partial charge < -0.3 is 49.4 Å². The van der Waals surface area contributed by atoms with E-state index in [1.54, 1.807) is 90.9 Å². The Labute approximate surface area is 344 Å². The summed E-state index contributed by atoms with van der Waals surface area (Å²) in [6.45, 7) is 18.8. The third-order valence-electron chi connectivity index (χ3n) is 13.1. The van der Waals surface area contributed by atoms with Crippen molar-refractivity contribution in [2.45, 2.75) is 135 Å². The Morgan fingerprint density at radius 1 is 0.966 bits per heavy atom. The molecule has 320 valence electrons. The molecule has 11 atom stereocenters. The van der Waals surface area contributed by atoms with E-state index in [-0.39, 0.29) is 29.7 Å². The molecule has 2 aromatic carbocycles. The van der Waals surface area contributed by atoms with Gasteiger partial charge in [-0.15, -0.1) is 0 Å². The first kappa shape index (κ1) is 44.0. The van der Waals surface area contributed by atoms with E-state index in [0.717, 1.165) is 5.56 Å². The van der Waals surface area contributed by atoms with Crippen molar-refractivity contribution < 1.29 is 63.3 Å². The minimum atomic E-state index is -2.24. The Morgan fingerprint density at radius 2 is 1.59 bits per heavy atom. The Kier molecular flexibility index (Phi) is 11.5. The molecule has 1 saturated heterocycles. The van der Waals surface area contributed by atoms with E-state index in [1.807, 2.05) is 6.92 Å². The smallest absolute Gasteiger partial charge is 0.408 e. The van der Waals surface area contributed by atoms with Crippen LogP contribution in [0.2, 0.25) is 0 Å². The quantitative estimate of drug-likeness (QED) is 0.141. The van der Waals surface area contributed by atoms with Crippen molar-refractivity contribution in [3.63, 3.8) is 0 Å². The van der Waals surface area contributed by atoms with E-state index in [4.69, 9.17) is 23.7 Å². The summed E-state index contributed by atoms with van der Waals surface area (Å²) in [6, 6.07) is 13.5. The van der Waals surface area contributed by atoms with Gasteiger partial charge in [0, 0.05) is 30.6 Å². The maximum Gasteiger partial charge on any atom is 0.408 e. The zero-order valence-corrected chi connectivity index (χ0v) is 35.1. The lowest BCUT2D eigenvalue weighted by Gasteiger charge is -2.68. The summed E-state index contributed by atoms with van der Waals surface area (Å²) in [4.78, 5) is 54.3. The van der Waals surface area contributed by atoms with Gasteiger partial charge in [0.1, 0.15) is 29.5 Å². The second-order valence-corrected chi connectivity index (χ2v) is 18.2. The number of amides is 1. The number of nitrogens with one attached hydrogen (secondary N) is 1. The van der Waals surface area contributed by atoms with Gasteiger partial charge in [-0.1, -0.05) is 75.4 Å². The van der Waals surface area contributed by atoms with Crippen molar-refractivity contribution in [1.29, 1.82) is 0 Å². The number of esters is 3. The zero-order chi connectivity index (χ0) is 43.6. The third-order valence-corrected chi connectivity index (χ3v) is 13.1. The highest BCUT2D eigenvalue weighted by Crippen LogP contribution is 2.66. The van der Waals surface area contributed by atoms with Crippen LogP contribution in [-0.2, 0) is 33.3 Å². The van der Waals surface area contributed by atoms with Gasteiger partial charge in [0.05, 0.1) is 36.3 Å². The first-order valence-electron chi connectivity index (χ1n) is 19.9. The summed E-state index contributed by atoms with van der Waals surface area (Å²) >= 11 is 0. The third kappa shape index (κ3) is 7.47. The van der Waals surface area contributed by atoms with Crippen LogP contribution in [0.5, 0.6) is 0 Å². The lowest BCUT2D eigenvalue weighted by molar-refractivity contribution is -0.346. The summed E-state index contributed by atoms with van der Waals surface area (Å²) in [6.07, 6.45) is -10.1. The van der Waals surface area contributed by atoms with Crippen LogP contribution in [0.3, 0.4) is 0 Å². The molecule has 0 radical (unpaired) electrons. The van der Waals surface area contributed by atoms with Crippen molar-refractivity contribution in [2.75, 3.05) is 6.61 Å². The van der Waals surface area contributed by atoms with Crippen LogP contribution in [0, 0.1) is 23.7 Å². The van der Waals surface area contributed by atoms with Crippen molar-refractivity contribution in [3.05, 3.63) is 94.6 Å². The number of aliphatic hydroxyl groups is 4. The van der Waals surface area contributed by atoms with E-state index >= 15 is 0 Å². The predicted octanol–water partition coefficient (Wildman–Crippen LogP) is 4.56. The number of carbonyl (C=O) groups is 4.